The van der Waals surface area contributed by atoms with Crippen molar-refractivity contribution < 1.29 is 4.79 Å². The second-order valence-corrected chi connectivity index (χ2v) is 6.55. The molecule has 0 bridgehead atoms. The fourth-order valence-electron chi connectivity index (χ4n) is 3.03. The number of carbonyl (C=O) groups excluding carboxylic acids is 1. The number of piperidine rings is 1. The van der Waals surface area contributed by atoms with E-state index in [4.69, 9.17) is 11.6 Å². The minimum absolute atomic E-state index is 0. The van der Waals surface area contributed by atoms with E-state index in [1.54, 1.807) is 0 Å². The van der Waals surface area contributed by atoms with Gasteiger partial charge in [0.25, 0.3) is 0 Å². The predicted octanol–water partition coefficient (Wildman–Crippen LogP) is 3.96. The Hall–Kier alpha value is -0.770. The van der Waals surface area contributed by atoms with Crippen LogP contribution in [0.3, 0.4) is 0 Å². The van der Waals surface area contributed by atoms with Gasteiger partial charge in [-0.25, -0.2) is 0 Å². The SMILES string of the molecule is CC(NC(=O)CC(C)C1CCNCC1)c1cccc(Cl)c1.Cl. The van der Waals surface area contributed by atoms with E-state index < -0.39 is 0 Å². The van der Waals surface area contributed by atoms with Crippen LogP contribution in [-0.2, 0) is 4.79 Å². The molecule has 2 unspecified atom stereocenters. The van der Waals surface area contributed by atoms with Gasteiger partial charge in [-0.1, -0.05) is 30.7 Å². The Labute approximate surface area is 144 Å². The van der Waals surface area contributed by atoms with Crippen molar-refractivity contribution in [3.8, 4) is 0 Å². The molecule has 2 atom stereocenters. The number of halogens is 2. The summed E-state index contributed by atoms with van der Waals surface area (Å²) in [5.41, 5.74) is 1.05. The van der Waals surface area contributed by atoms with Crippen LogP contribution in [0.15, 0.2) is 24.3 Å². The fourth-order valence-corrected chi connectivity index (χ4v) is 3.23. The van der Waals surface area contributed by atoms with Crippen molar-refractivity contribution in [2.45, 2.75) is 39.2 Å². The summed E-state index contributed by atoms with van der Waals surface area (Å²) in [5.74, 6) is 1.24. The first-order valence-corrected chi connectivity index (χ1v) is 8.19. The number of amides is 1. The molecule has 1 aliphatic heterocycles. The largest absolute Gasteiger partial charge is 0.350 e. The molecule has 1 aromatic rings. The normalized spacial score (nSPS) is 18.1. The van der Waals surface area contributed by atoms with Crippen molar-refractivity contribution >= 4 is 29.9 Å². The zero-order valence-electron chi connectivity index (χ0n) is 13.3. The van der Waals surface area contributed by atoms with Gasteiger partial charge >= 0.3 is 0 Å². The van der Waals surface area contributed by atoms with E-state index in [9.17, 15) is 4.79 Å². The molecule has 0 aliphatic carbocycles. The van der Waals surface area contributed by atoms with Gasteiger partial charge in [-0.2, -0.15) is 0 Å². The molecule has 2 N–H and O–H groups in total. The molecule has 2 rings (SSSR count). The Kier molecular flexibility index (Phi) is 8.23. The van der Waals surface area contributed by atoms with Crippen molar-refractivity contribution in [3.05, 3.63) is 34.9 Å². The number of rotatable bonds is 5. The molecule has 1 fully saturated rings. The number of carbonyl (C=O) groups is 1. The van der Waals surface area contributed by atoms with E-state index >= 15 is 0 Å². The minimum atomic E-state index is -0.00331. The van der Waals surface area contributed by atoms with E-state index in [1.165, 1.54) is 12.8 Å². The van der Waals surface area contributed by atoms with Gasteiger partial charge in [0.05, 0.1) is 6.04 Å². The average Bonchev–Trinajstić information content (AvgIpc) is 2.48. The molecular weight excluding hydrogens is 319 g/mol. The molecule has 0 saturated carbocycles. The lowest BCUT2D eigenvalue weighted by molar-refractivity contribution is -0.123. The summed E-state index contributed by atoms with van der Waals surface area (Å²) < 4.78 is 0. The van der Waals surface area contributed by atoms with Gasteiger partial charge in [0.15, 0.2) is 0 Å². The zero-order chi connectivity index (χ0) is 15.2. The van der Waals surface area contributed by atoms with Crippen molar-refractivity contribution in [2.75, 3.05) is 13.1 Å². The highest BCUT2D eigenvalue weighted by Gasteiger charge is 2.22. The summed E-state index contributed by atoms with van der Waals surface area (Å²) in [7, 11) is 0. The van der Waals surface area contributed by atoms with Crippen LogP contribution in [0.5, 0.6) is 0 Å². The number of benzene rings is 1. The van der Waals surface area contributed by atoms with Crippen LogP contribution >= 0.6 is 24.0 Å². The Balaban J connectivity index is 0.00000242. The molecule has 1 aliphatic rings. The smallest absolute Gasteiger partial charge is 0.220 e. The van der Waals surface area contributed by atoms with Crippen LogP contribution < -0.4 is 10.6 Å². The van der Waals surface area contributed by atoms with Gasteiger partial charge in [0, 0.05) is 11.4 Å². The Morgan fingerprint density at radius 2 is 2.05 bits per heavy atom. The first-order valence-electron chi connectivity index (χ1n) is 7.82. The summed E-state index contributed by atoms with van der Waals surface area (Å²) in [6.07, 6.45) is 2.96. The maximum Gasteiger partial charge on any atom is 0.220 e. The summed E-state index contributed by atoms with van der Waals surface area (Å²) >= 11 is 5.99. The van der Waals surface area contributed by atoms with Gasteiger partial charge in [-0.05, 0) is 62.4 Å². The van der Waals surface area contributed by atoms with Crippen molar-refractivity contribution in [2.24, 2.45) is 11.8 Å². The third kappa shape index (κ3) is 5.79. The summed E-state index contributed by atoms with van der Waals surface area (Å²) in [6, 6.07) is 7.66. The van der Waals surface area contributed by atoms with Crippen molar-refractivity contribution in [3.63, 3.8) is 0 Å². The van der Waals surface area contributed by atoms with Gasteiger partial charge in [0.2, 0.25) is 5.91 Å². The van der Waals surface area contributed by atoms with Crippen LogP contribution in [-0.4, -0.2) is 19.0 Å². The molecule has 22 heavy (non-hydrogen) atoms. The van der Waals surface area contributed by atoms with E-state index in [0.717, 1.165) is 18.7 Å². The summed E-state index contributed by atoms with van der Waals surface area (Å²) in [4.78, 5) is 12.2. The predicted molar refractivity (Wildman–Crippen MR) is 94.6 cm³/mol. The molecule has 124 valence electrons. The summed E-state index contributed by atoms with van der Waals surface area (Å²) in [6.45, 7) is 6.35. The monoisotopic (exact) mass is 344 g/mol. The van der Waals surface area contributed by atoms with E-state index in [2.05, 4.69) is 17.6 Å². The van der Waals surface area contributed by atoms with Crippen molar-refractivity contribution in [1.82, 2.24) is 10.6 Å². The van der Waals surface area contributed by atoms with E-state index in [-0.39, 0.29) is 24.4 Å². The number of nitrogens with one attached hydrogen (secondary N) is 2. The second-order valence-electron chi connectivity index (χ2n) is 6.11. The minimum Gasteiger partial charge on any atom is -0.350 e. The third-order valence-corrected chi connectivity index (χ3v) is 4.66. The van der Waals surface area contributed by atoms with Crippen LogP contribution in [0.25, 0.3) is 0 Å². The maximum absolute atomic E-state index is 12.2. The lowest BCUT2D eigenvalue weighted by Crippen LogP contribution is -2.34. The molecule has 3 nitrogen and oxygen atoms in total. The molecule has 5 heteroatoms. The first kappa shape index (κ1) is 19.3. The maximum atomic E-state index is 12.2. The first-order chi connectivity index (χ1) is 10.1. The number of hydrogen-bond acceptors (Lipinski definition) is 2. The Morgan fingerprint density at radius 3 is 2.68 bits per heavy atom. The summed E-state index contributed by atoms with van der Waals surface area (Å²) in [5, 5.41) is 7.15. The Morgan fingerprint density at radius 1 is 1.36 bits per heavy atom. The fraction of sp³-hybridized carbons (Fsp3) is 0.588. The molecule has 1 amide bonds. The van der Waals surface area contributed by atoms with E-state index in [0.29, 0.717) is 23.3 Å². The molecular formula is C17H26Cl2N2O. The molecule has 0 radical (unpaired) electrons. The van der Waals surface area contributed by atoms with Gasteiger partial charge in [-0.15, -0.1) is 12.4 Å². The van der Waals surface area contributed by atoms with Gasteiger partial charge in [0.1, 0.15) is 0 Å². The highest BCUT2D eigenvalue weighted by molar-refractivity contribution is 6.30. The molecule has 1 aromatic carbocycles. The van der Waals surface area contributed by atoms with Crippen LogP contribution in [0.1, 0.15) is 44.7 Å². The lowest BCUT2D eigenvalue weighted by Gasteiger charge is -2.28. The zero-order valence-corrected chi connectivity index (χ0v) is 14.8. The van der Waals surface area contributed by atoms with E-state index in [1.807, 2.05) is 31.2 Å². The topological polar surface area (TPSA) is 41.1 Å². The lowest BCUT2D eigenvalue weighted by atomic mass is 9.84. The Bertz CT molecular complexity index is 475. The number of hydrogen-bond donors (Lipinski definition) is 2. The third-order valence-electron chi connectivity index (χ3n) is 4.42. The van der Waals surface area contributed by atoms with Crippen LogP contribution in [0, 0.1) is 11.8 Å². The highest BCUT2D eigenvalue weighted by Crippen LogP contribution is 2.25. The quantitative estimate of drug-likeness (QED) is 0.848. The molecule has 1 heterocycles. The van der Waals surface area contributed by atoms with Crippen LogP contribution in [0.2, 0.25) is 5.02 Å². The van der Waals surface area contributed by atoms with Crippen molar-refractivity contribution in [1.29, 1.82) is 0 Å². The molecule has 0 spiro atoms. The average molecular weight is 345 g/mol. The van der Waals surface area contributed by atoms with Gasteiger partial charge < -0.3 is 10.6 Å². The highest BCUT2D eigenvalue weighted by atomic mass is 35.5. The van der Waals surface area contributed by atoms with Gasteiger partial charge in [-0.3, -0.25) is 4.79 Å². The van der Waals surface area contributed by atoms with Crippen LogP contribution in [0.4, 0.5) is 0 Å². The molecule has 1 saturated heterocycles. The molecule has 0 aromatic heterocycles. The second kappa shape index (κ2) is 9.39. The standard InChI is InChI=1S/C17H25ClN2O.ClH/c1-12(14-6-8-19-9-7-14)10-17(21)20-13(2)15-4-3-5-16(18)11-15;/h3-5,11-14,19H,6-10H2,1-2H3,(H,20,21);1H.